The van der Waals surface area contributed by atoms with Gasteiger partial charge in [-0.2, -0.15) is 4.31 Å². The number of aromatic amines is 1. The highest BCUT2D eigenvalue weighted by atomic mass is 32.2. The number of hydrogen-bond acceptors (Lipinski definition) is 3. The van der Waals surface area contributed by atoms with E-state index in [1.807, 2.05) is 0 Å². The number of hydrogen-bond donors (Lipinski definition) is 2. The Balaban J connectivity index is 1.84. The zero-order valence-corrected chi connectivity index (χ0v) is 12.9. The quantitative estimate of drug-likeness (QED) is 0.895. The first-order valence-electron chi connectivity index (χ1n) is 7.43. The summed E-state index contributed by atoms with van der Waals surface area (Å²) < 4.78 is 41.5. The highest BCUT2D eigenvalue weighted by molar-refractivity contribution is 7.89. The van der Waals surface area contributed by atoms with Crippen molar-refractivity contribution in [2.75, 3.05) is 0 Å². The lowest BCUT2D eigenvalue weighted by Crippen LogP contribution is -2.37. The number of H-pyrrole nitrogens is 1. The summed E-state index contributed by atoms with van der Waals surface area (Å²) in [6, 6.07) is 3.47. The lowest BCUT2D eigenvalue weighted by molar-refractivity contribution is -0.142. The van der Waals surface area contributed by atoms with E-state index in [1.165, 1.54) is 22.6 Å². The molecule has 1 aromatic carbocycles. The van der Waals surface area contributed by atoms with E-state index >= 15 is 0 Å². The number of carboxylic acids is 1. The van der Waals surface area contributed by atoms with Crippen LogP contribution in [0.15, 0.2) is 29.3 Å². The molecule has 8 heteroatoms. The van der Waals surface area contributed by atoms with Crippen molar-refractivity contribution in [2.45, 2.75) is 36.2 Å². The van der Waals surface area contributed by atoms with Crippen LogP contribution in [0.2, 0.25) is 0 Å². The number of sulfonamides is 1. The highest BCUT2D eigenvalue weighted by Gasteiger charge is 2.54. The minimum Gasteiger partial charge on any atom is -0.481 e. The van der Waals surface area contributed by atoms with E-state index in [0.717, 1.165) is 0 Å². The van der Waals surface area contributed by atoms with E-state index in [0.29, 0.717) is 24.8 Å². The summed E-state index contributed by atoms with van der Waals surface area (Å²) >= 11 is 0. The number of halogens is 1. The minimum absolute atomic E-state index is 0.0330. The monoisotopic (exact) mass is 338 g/mol. The molecule has 2 aliphatic heterocycles. The molecule has 122 valence electrons. The van der Waals surface area contributed by atoms with Crippen LogP contribution in [0.3, 0.4) is 0 Å². The summed E-state index contributed by atoms with van der Waals surface area (Å²) in [6.07, 6.45) is 2.80. The van der Waals surface area contributed by atoms with E-state index in [4.69, 9.17) is 0 Å². The maximum Gasteiger partial charge on any atom is 0.308 e. The lowest BCUT2D eigenvalue weighted by atomic mass is 9.89. The molecule has 3 atom stereocenters. The van der Waals surface area contributed by atoms with Crippen LogP contribution in [0, 0.1) is 11.7 Å². The Hall–Kier alpha value is -1.93. The summed E-state index contributed by atoms with van der Waals surface area (Å²) in [5.41, 5.74) is 0.407. The molecule has 2 aromatic rings. The molecular formula is C15H15FN2O4S. The molecule has 2 N–H and O–H groups in total. The Labute approximate surface area is 132 Å². The van der Waals surface area contributed by atoms with Gasteiger partial charge in [-0.05, 0) is 31.4 Å². The first-order chi connectivity index (χ1) is 10.9. The van der Waals surface area contributed by atoms with E-state index in [2.05, 4.69) is 4.98 Å². The molecule has 3 unspecified atom stereocenters. The van der Waals surface area contributed by atoms with E-state index < -0.39 is 33.8 Å². The summed E-state index contributed by atoms with van der Waals surface area (Å²) in [5, 5.41) is 9.31. The Morgan fingerprint density at radius 2 is 2.13 bits per heavy atom. The molecule has 0 spiro atoms. The summed E-state index contributed by atoms with van der Waals surface area (Å²) in [5.74, 6) is -2.26. The molecule has 2 saturated heterocycles. The fourth-order valence-corrected chi connectivity index (χ4v) is 6.10. The van der Waals surface area contributed by atoms with Crippen molar-refractivity contribution in [1.29, 1.82) is 0 Å². The van der Waals surface area contributed by atoms with Crippen LogP contribution < -0.4 is 0 Å². The van der Waals surface area contributed by atoms with E-state index in [1.54, 1.807) is 6.07 Å². The number of nitrogens with zero attached hydrogens (tertiary/aromatic N) is 1. The molecular weight excluding hydrogens is 323 g/mol. The van der Waals surface area contributed by atoms with Crippen LogP contribution in [0.4, 0.5) is 4.39 Å². The van der Waals surface area contributed by atoms with Gasteiger partial charge in [0.25, 0.3) is 0 Å². The van der Waals surface area contributed by atoms with Gasteiger partial charge in [-0.1, -0.05) is 6.07 Å². The smallest absolute Gasteiger partial charge is 0.308 e. The summed E-state index contributed by atoms with van der Waals surface area (Å²) in [7, 11) is -3.95. The average Bonchev–Trinajstić information content (AvgIpc) is 3.19. The zero-order chi connectivity index (χ0) is 16.4. The standard InChI is InChI=1S/C15H15FN2O4S/c16-10-2-1-3-11-14(10)13(7-17-11)23(21,22)18-8-4-5-12(18)9(6-8)15(19)20/h1-3,7-9,12,17H,4-6H2,(H,19,20). The second-order valence-electron chi connectivity index (χ2n) is 6.13. The van der Waals surface area contributed by atoms with Crippen molar-refractivity contribution in [3.05, 3.63) is 30.2 Å². The number of aliphatic carboxylic acids is 1. The Kier molecular flexibility index (Phi) is 3.05. The minimum atomic E-state index is -3.95. The van der Waals surface area contributed by atoms with Crippen molar-refractivity contribution < 1.29 is 22.7 Å². The maximum absolute atomic E-state index is 14.1. The molecule has 0 amide bonds. The molecule has 4 rings (SSSR count). The maximum atomic E-state index is 14.1. The van der Waals surface area contributed by atoms with Crippen LogP contribution in [-0.4, -0.2) is 40.9 Å². The van der Waals surface area contributed by atoms with Crippen LogP contribution >= 0.6 is 0 Å². The summed E-state index contributed by atoms with van der Waals surface area (Å²) in [6.45, 7) is 0. The van der Waals surface area contributed by atoms with Crippen LogP contribution in [0.5, 0.6) is 0 Å². The third-order valence-electron chi connectivity index (χ3n) is 4.96. The molecule has 0 saturated carbocycles. The highest BCUT2D eigenvalue weighted by Crippen LogP contribution is 2.45. The van der Waals surface area contributed by atoms with Gasteiger partial charge < -0.3 is 10.1 Å². The number of aromatic nitrogens is 1. The van der Waals surface area contributed by atoms with Crippen LogP contribution in [0.1, 0.15) is 19.3 Å². The van der Waals surface area contributed by atoms with Gasteiger partial charge >= 0.3 is 5.97 Å². The Morgan fingerprint density at radius 3 is 2.83 bits per heavy atom. The molecule has 6 nitrogen and oxygen atoms in total. The SMILES string of the molecule is O=C(O)C1CC2CCC1N2S(=O)(=O)c1c[nH]c2cccc(F)c12. The molecule has 2 bridgehead atoms. The molecule has 0 radical (unpaired) electrons. The first kappa shape index (κ1) is 14.6. The number of benzene rings is 1. The molecule has 23 heavy (non-hydrogen) atoms. The van der Waals surface area contributed by atoms with Gasteiger partial charge in [0.15, 0.2) is 0 Å². The average molecular weight is 338 g/mol. The molecule has 1 aromatic heterocycles. The zero-order valence-electron chi connectivity index (χ0n) is 12.1. The van der Waals surface area contributed by atoms with Crippen LogP contribution in [0.25, 0.3) is 10.9 Å². The van der Waals surface area contributed by atoms with Crippen molar-refractivity contribution in [1.82, 2.24) is 9.29 Å². The van der Waals surface area contributed by atoms with E-state index in [9.17, 15) is 22.7 Å². The number of rotatable bonds is 3. The lowest BCUT2D eigenvalue weighted by Gasteiger charge is -2.22. The second kappa shape index (κ2) is 4.78. The molecule has 3 heterocycles. The van der Waals surface area contributed by atoms with Crippen molar-refractivity contribution in [3.8, 4) is 0 Å². The second-order valence-corrected chi connectivity index (χ2v) is 7.94. The largest absolute Gasteiger partial charge is 0.481 e. The predicted octanol–water partition coefficient (Wildman–Crippen LogP) is 1.93. The number of carboxylic acid groups (broad SMARTS) is 1. The first-order valence-corrected chi connectivity index (χ1v) is 8.87. The fraction of sp³-hybridized carbons (Fsp3) is 0.400. The fourth-order valence-electron chi connectivity index (χ4n) is 4.01. The number of nitrogens with one attached hydrogen (secondary N) is 1. The van der Waals surface area contributed by atoms with Gasteiger partial charge in [0.1, 0.15) is 10.7 Å². The molecule has 2 aliphatic rings. The predicted molar refractivity (Wildman–Crippen MR) is 79.8 cm³/mol. The Morgan fingerprint density at radius 1 is 1.35 bits per heavy atom. The number of fused-ring (bicyclic) bond motifs is 3. The molecule has 2 fully saturated rings. The van der Waals surface area contributed by atoms with Gasteiger partial charge in [-0.25, -0.2) is 12.8 Å². The van der Waals surface area contributed by atoms with Gasteiger partial charge in [0.05, 0.1) is 11.3 Å². The van der Waals surface area contributed by atoms with Crippen molar-refractivity contribution in [2.24, 2.45) is 5.92 Å². The van der Waals surface area contributed by atoms with Gasteiger partial charge in [-0.3, -0.25) is 4.79 Å². The number of carbonyl (C=O) groups is 1. The molecule has 0 aliphatic carbocycles. The van der Waals surface area contributed by atoms with Gasteiger partial charge in [0, 0.05) is 23.8 Å². The van der Waals surface area contributed by atoms with E-state index in [-0.39, 0.29) is 16.3 Å². The van der Waals surface area contributed by atoms with Crippen molar-refractivity contribution in [3.63, 3.8) is 0 Å². The summed E-state index contributed by atoms with van der Waals surface area (Å²) in [4.78, 5) is 14.0. The Bertz CT molecular complexity index is 907. The topological polar surface area (TPSA) is 90.5 Å². The third-order valence-corrected chi connectivity index (χ3v) is 6.97. The van der Waals surface area contributed by atoms with Crippen molar-refractivity contribution >= 4 is 26.9 Å². The normalized spacial score (nSPS) is 27.8. The van der Waals surface area contributed by atoms with Gasteiger partial charge in [-0.15, -0.1) is 0 Å². The third kappa shape index (κ3) is 1.94. The van der Waals surface area contributed by atoms with Gasteiger partial charge in [0.2, 0.25) is 10.0 Å². The van der Waals surface area contributed by atoms with Crippen LogP contribution in [-0.2, 0) is 14.8 Å².